The molecule has 1 atom stereocenters. The van der Waals surface area contributed by atoms with Crippen molar-refractivity contribution in [3.63, 3.8) is 0 Å². The van der Waals surface area contributed by atoms with Gasteiger partial charge in [-0.3, -0.25) is 4.90 Å². The maximum Gasteiger partial charge on any atom is 0.408 e. The molecule has 0 saturated carbocycles. The average molecular weight is 294 g/mol. The van der Waals surface area contributed by atoms with Crippen molar-refractivity contribution >= 4 is 12.4 Å². The normalized spacial score (nSPS) is 14.1. The van der Waals surface area contributed by atoms with Gasteiger partial charge < -0.3 is 14.6 Å². The summed E-state index contributed by atoms with van der Waals surface area (Å²) in [6.07, 6.45) is 0.941. The van der Waals surface area contributed by atoms with Crippen molar-refractivity contribution in [2.75, 3.05) is 6.61 Å². The summed E-state index contributed by atoms with van der Waals surface area (Å²) in [6, 6.07) is 3.29. The second-order valence-electron chi connectivity index (χ2n) is 5.87. The highest BCUT2D eigenvalue weighted by molar-refractivity contribution is 5.77. The summed E-state index contributed by atoms with van der Waals surface area (Å²) in [5.74, 6) is 0.437. The molecule has 0 saturated heterocycles. The Labute approximate surface area is 124 Å². The van der Waals surface area contributed by atoms with Crippen molar-refractivity contribution in [1.82, 2.24) is 9.88 Å². The lowest BCUT2D eigenvalue weighted by Crippen LogP contribution is -2.57. The standard InChI is InChI=1S/C15H22N2O4/c1-6-21-12-8-7-11(9-16-12)15(5,10-18)17(13(19)20)14(2,3)4/h7-10H,6H2,1-5H3,(H,19,20). The number of nitrogens with zero attached hydrogens (tertiary/aromatic N) is 2. The first-order chi connectivity index (χ1) is 9.66. The van der Waals surface area contributed by atoms with Crippen LogP contribution < -0.4 is 4.74 Å². The Balaban J connectivity index is 3.30. The highest BCUT2D eigenvalue weighted by Crippen LogP contribution is 2.33. The summed E-state index contributed by atoms with van der Waals surface area (Å²) in [7, 11) is 0. The summed E-state index contributed by atoms with van der Waals surface area (Å²) in [5.41, 5.74) is -1.56. The predicted molar refractivity (Wildman–Crippen MR) is 78.4 cm³/mol. The molecule has 0 fully saturated rings. The Morgan fingerprint density at radius 2 is 2.00 bits per heavy atom. The highest BCUT2D eigenvalue weighted by Gasteiger charge is 2.43. The van der Waals surface area contributed by atoms with Crippen LogP contribution in [0.25, 0.3) is 0 Å². The van der Waals surface area contributed by atoms with Gasteiger partial charge in [0.2, 0.25) is 5.88 Å². The van der Waals surface area contributed by atoms with Crippen molar-refractivity contribution in [3.8, 4) is 5.88 Å². The minimum absolute atomic E-state index is 0.437. The van der Waals surface area contributed by atoms with E-state index in [1.54, 1.807) is 39.8 Å². The smallest absolute Gasteiger partial charge is 0.408 e. The van der Waals surface area contributed by atoms with E-state index < -0.39 is 17.2 Å². The SMILES string of the molecule is CCOc1ccc(C(C)(C=O)N(C(=O)O)C(C)(C)C)cn1. The zero-order valence-electron chi connectivity index (χ0n) is 13.1. The van der Waals surface area contributed by atoms with E-state index in [1.807, 2.05) is 6.92 Å². The molecule has 0 radical (unpaired) electrons. The lowest BCUT2D eigenvalue weighted by molar-refractivity contribution is -0.120. The molecule has 1 N–H and O–H groups in total. The fraction of sp³-hybridized carbons (Fsp3) is 0.533. The van der Waals surface area contributed by atoms with Crippen LogP contribution in [0.1, 0.15) is 40.2 Å². The molecule has 6 nitrogen and oxygen atoms in total. The van der Waals surface area contributed by atoms with Gasteiger partial charge in [0.15, 0.2) is 0 Å². The summed E-state index contributed by atoms with van der Waals surface area (Å²) in [5, 5.41) is 9.50. The van der Waals surface area contributed by atoms with E-state index in [9.17, 15) is 14.7 Å². The number of hydrogen-bond acceptors (Lipinski definition) is 4. The highest BCUT2D eigenvalue weighted by atomic mass is 16.5. The van der Waals surface area contributed by atoms with Gasteiger partial charge in [-0.1, -0.05) is 0 Å². The van der Waals surface area contributed by atoms with Crippen molar-refractivity contribution in [3.05, 3.63) is 23.9 Å². The molecule has 0 aliphatic heterocycles. The van der Waals surface area contributed by atoms with Gasteiger partial charge >= 0.3 is 6.09 Å². The Morgan fingerprint density at radius 3 is 2.33 bits per heavy atom. The molecular formula is C15H22N2O4. The number of aldehydes is 1. The number of ether oxygens (including phenoxy) is 1. The number of rotatable bonds is 5. The molecule has 6 heteroatoms. The van der Waals surface area contributed by atoms with Gasteiger partial charge in [0.05, 0.1) is 6.61 Å². The van der Waals surface area contributed by atoms with Crippen LogP contribution in [-0.2, 0) is 10.3 Å². The van der Waals surface area contributed by atoms with Crippen molar-refractivity contribution in [1.29, 1.82) is 0 Å². The van der Waals surface area contributed by atoms with E-state index in [2.05, 4.69) is 4.98 Å². The Kier molecular flexibility index (Phi) is 4.93. The number of hydrogen-bond donors (Lipinski definition) is 1. The molecule has 0 aliphatic rings. The van der Waals surface area contributed by atoms with Crippen LogP contribution in [0, 0.1) is 0 Å². The van der Waals surface area contributed by atoms with E-state index in [1.165, 1.54) is 6.20 Å². The summed E-state index contributed by atoms with van der Waals surface area (Å²) in [6.45, 7) is 9.12. The van der Waals surface area contributed by atoms with Crippen LogP contribution in [0.3, 0.4) is 0 Å². The molecule has 1 unspecified atom stereocenters. The van der Waals surface area contributed by atoms with Crippen LogP contribution in [0.15, 0.2) is 18.3 Å². The number of carboxylic acid groups (broad SMARTS) is 1. The fourth-order valence-corrected chi connectivity index (χ4v) is 2.35. The minimum Gasteiger partial charge on any atom is -0.478 e. The molecule has 0 aromatic carbocycles. The largest absolute Gasteiger partial charge is 0.478 e. The molecule has 0 aliphatic carbocycles. The minimum atomic E-state index is -1.32. The van der Waals surface area contributed by atoms with E-state index in [4.69, 9.17) is 4.74 Å². The van der Waals surface area contributed by atoms with Gasteiger partial charge in [0.1, 0.15) is 11.8 Å². The van der Waals surface area contributed by atoms with Gasteiger partial charge in [0, 0.05) is 23.4 Å². The van der Waals surface area contributed by atoms with E-state index in [-0.39, 0.29) is 0 Å². The Hall–Kier alpha value is -2.11. The second-order valence-corrected chi connectivity index (χ2v) is 5.87. The number of pyridine rings is 1. The molecule has 116 valence electrons. The summed E-state index contributed by atoms with van der Waals surface area (Å²) >= 11 is 0. The van der Waals surface area contributed by atoms with Crippen LogP contribution in [0.2, 0.25) is 0 Å². The maximum absolute atomic E-state index is 11.7. The fourth-order valence-electron chi connectivity index (χ4n) is 2.35. The number of carbonyl (C=O) groups excluding carboxylic acids is 1. The van der Waals surface area contributed by atoms with Crippen molar-refractivity contribution in [2.24, 2.45) is 0 Å². The van der Waals surface area contributed by atoms with Gasteiger partial charge in [-0.25, -0.2) is 9.78 Å². The molecule has 1 rings (SSSR count). The van der Waals surface area contributed by atoms with Crippen molar-refractivity contribution < 1.29 is 19.4 Å². The first-order valence-electron chi connectivity index (χ1n) is 6.75. The molecule has 1 aromatic rings. The van der Waals surface area contributed by atoms with E-state index in [0.717, 1.165) is 4.90 Å². The van der Waals surface area contributed by atoms with Crippen molar-refractivity contribution in [2.45, 2.75) is 45.7 Å². The molecular weight excluding hydrogens is 272 g/mol. The topological polar surface area (TPSA) is 79.7 Å². The van der Waals surface area contributed by atoms with E-state index in [0.29, 0.717) is 24.3 Å². The number of amides is 1. The van der Waals surface area contributed by atoms with Crippen LogP contribution in [0.4, 0.5) is 4.79 Å². The van der Waals surface area contributed by atoms with Gasteiger partial charge in [-0.2, -0.15) is 0 Å². The number of aromatic nitrogens is 1. The van der Waals surface area contributed by atoms with Crippen LogP contribution in [0.5, 0.6) is 5.88 Å². The molecule has 0 spiro atoms. The maximum atomic E-state index is 11.7. The average Bonchev–Trinajstić information content (AvgIpc) is 2.37. The zero-order chi connectivity index (χ0) is 16.3. The van der Waals surface area contributed by atoms with Crippen LogP contribution in [-0.4, -0.2) is 39.5 Å². The molecule has 21 heavy (non-hydrogen) atoms. The van der Waals surface area contributed by atoms with Gasteiger partial charge in [-0.15, -0.1) is 0 Å². The predicted octanol–water partition coefficient (Wildman–Crippen LogP) is 2.67. The molecule has 1 heterocycles. The Morgan fingerprint density at radius 1 is 1.38 bits per heavy atom. The molecule has 1 amide bonds. The monoisotopic (exact) mass is 294 g/mol. The van der Waals surface area contributed by atoms with E-state index >= 15 is 0 Å². The second kappa shape index (κ2) is 6.11. The molecule has 1 aromatic heterocycles. The lowest BCUT2D eigenvalue weighted by Gasteiger charge is -2.44. The Bertz CT molecular complexity index is 507. The first-order valence-corrected chi connectivity index (χ1v) is 6.75. The lowest BCUT2D eigenvalue weighted by atomic mass is 9.88. The quantitative estimate of drug-likeness (QED) is 0.844. The summed E-state index contributed by atoms with van der Waals surface area (Å²) in [4.78, 5) is 28.5. The van der Waals surface area contributed by atoms with Gasteiger partial charge in [-0.05, 0) is 40.7 Å². The first kappa shape index (κ1) is 16.9. The van der Waals surface area contributed by atoms with Crippen LogP contribution >= 0.6 is 0 Å². The summed E-state index contributed by atoms with van der Waals surface area (Å²) < 4.78 is 5.25. The van der Waals surface area contributed by atoms with Gasteiger partial charge in [0.25, 0.3) is 0 Å². The third-order valence-electron chi connectivity index (χ3n) is 3.17. The molecule has 0 bridgehead atoms. The zero-order valence-corrected chi connectivity index (χ0v) is 13.1. The third kappa shape index (κ3) is 3.51. The number of carbonyl (C=O) groups is 2. The third-order valence-corrected chi connectivity index (χ3v) is 3.17.